The lowest BCUT2D eigenvalue weighted by Gasteiger charge is -2.17. The Kier molecular flexibility index (Phi) is 11.8. The Morgan fingerprint density at radius 1 is 1.03 bits per heavy atom. The maximum Gasteiger partial charge on any atom is 0.474 e. The van der Waals surface area contributed by atoms with E-state index in [1.165, 1.54) is 12.1 Å². The van der Waals surface area contributed by atoms with Crippen LogP contribution in [-0.4, -0.2) is 48.6 Å². The third-order valence-electron chi connectivity index (χ3n) is 6.03. The molecule has 0 spiro atoms. The van der Waals surface area contributed by atoms with Gasteiger partial charge in [0.25, 0.3) is 0 Å². The van der Waals surface area contributed by atoms with Gasteiger partial charge < -0.3 is 14.4 Å². The number of fused-ring (bicyclic) bond motifs is 1. The number of unbranched alkanes of at least 4 members (excludes halogenated alkanes) is 1. The number of phosphoric ester groups is 1. The van der Waals surface area contributed by atoms with Crippen LogP contribution in [0, 0.1) is 5.82 Å². The molecule has 38 heavy (non-hydrogen) atoms. The topological polar surface area (TPSA) is 97.3 Å². The fourth-order valence-electron chi connectivity index (χ4n) is 4.20. The molecule has 0 radical (unpaired) electrons. The summed E-state index contributed by atoms with van der Waals surface area (Å²) in [5.74, 6) is -0.350. The number of aliphatic hydroxyl groups excluding tert-OH is 1. The standard InChI is InChI=1S/C28H36FO7PS/c1-5-34-37(31,35-6-2)36-16-8-7-15-33-28(30)19-26-20(3)25(24-14-11-22(29)18-27(24)26)17-21-9-12-23(13-10-21)38(4)32/h9-14,17-18,28,30H,5-8,15-16,19H2,1-4H3/b25-17-. The number of aliphatic hydroxyl groups is 1. The van der Waals surface area contributed by atoms with Crippen molar-refractivity contribution in [2.75, 3.05) is 32.7 Å². The number of ether oxygens (including phenoxy) is 1. The van der Waals surface area contributed by atoms with Crippen molar-refractivity contribution >= 4 is 36.2 Å². The van der Waals surface area contributed by atoms with Crippen molar-refractivity contribution < 1.29 is 36.9 Å². The van der Waals surface area contributed by atoms with E-state index >= 15 is 0 Å². The molecule has 2 atom stereocenters. The Hall–Kier alpha value is -1.81. The van der Waals surface area contributed by atoms with Crippen molar-refractivity contribution in [2.24, 2.45) is 0 Å². The van der Waals surface area contributed by atoms with E-state index in [4.69, 9.17) is 18.3 Å². The molecule has 0 saturated heterocycles. The summed E-state index contributed by atoms with van der Waals surface area (Å²) < 4.78 is 59.2. The van der Waals surface area contributed by atoms with Crippen molar-refractivity contribution in [1.29, 1.82) is 0 Å². The molecule has 1 aliphatic carbocycles. The van der Waals surface area contributed by atoms with Crippen molar-refractivity contribution in [1.82, 2.24) is 0 Å². The average Bonchev–Trinajstić information content (AvgIpc) is 3.12. The first-order chi connectivity index (χ1) is 18.2. The minimum Gasteiger partial charge on any atom is -0.612 e. The first-order valence-electron chi connectivity index (χ1n) is 12.7. The predicted molar refractivity (Wildman–Crippen MR) is 148 cm³/mol. The van der Waals surface area contributed by atoms with Gasteiger partial charge in [0.05, 0.1) is 19.8 Å². The Balaban J connectivity index is 1.62. The van der Waals surface area contributed by atoms with Gasteiger partial charge in [-0.3, -0.25) is 13.6 Å². The Morgan fingerprint density at radius 2 is 1.68 bits per heavy atom. The highest BCUT2D eigenvalue weighted by atomic mass is 32.2. The minimum absolute atomic E-state index is 0.178. The monoisotopic (exact) mass is 566 g/mol. The first kappa shape index (κ1) is 30.7. The third kappa shape index (κ3) is 8.34. The van der Waals surface area contributed by atoms with Crippen LogP contribution in [0.1, 0.15) is 56.7 Å². The summed E-state index contributed by atoms with van der Waals surface area (Å²) in [7, 11) is -3.53. The summed E-state index contributed by atoms with van der Waals surface area (Å²) in [5.41, 5.74) is 5.26. The average molecular weight is 567 g/mol. The molecule has 10 heteroatoms. The predicted octanol–water partition coefficient (Wildman–Crippen LogP) is 6.59. The van der Waals surface area contributed by atoms with Crippen LogP contribution >= 0.6 is 7.82 Å². The number of benzene rings is 2. The molecule has 2 aromatic rings. The van der Waals surface area contributed by atoms with Crippen LogP contribution in [0.2, 0.25) is 0 Å². The normalized spacial score (nSPS) is 16.2. The highest BCUT2D eigenvalue weighted by molar-refractivity contribution is 7.90. The van der Waals surface area contributed by atoms with Crippen molar-refractivity contribution in [2.45, 2.75) is 51.2 Å². The lowest BCUT2D eigenvalue weighted by atomic mass is 10.0. The molecule has 0 amide bonds. The molecule has 0 fully saturated rings. The van der Waals surface area contributed by atoms with E-state index in [1.54, 1.807) is 26.2 Å². The summed E-state index contributed by atoms with van der Waals surface area (Å²) in [4.78, 5) is 0.749. The third-order valence-corrected chi connectivity index (χ3v) is 8.61. The maximum absolute atomic E-state index is 14.2. The molecule has 2 aromatic carbocycles. The zero-order chi connectivity index (χ0) is 27.7. The highest BCUT2D eigenvalue weighted by Gasteiger charge is 2.27. The summed E-state index contributed by atoms with van der Waals surface area (Å²) in [5, 5.41) is 10.6. The lowest BCUT2D eigenvalue weighted by molar-refractivity contribution is -0.0956. The van der Waals surface area contributed by atoms with E-state index in [2.05, 4.69) is 0 Å². The van der Waals surface area contributed by atoms with Gasteiger partial charge in [0, 0.05) is 13.0 Å². The van der Waals surface area contributed by atoms with Gasteiger partial charge in [-0.1, -0.05) is 6.07 Å². The zero-order valence-electron chi connectivity index (χ0n) is 22.3. The molecule has 0 saturated carbocycles. The summed E-state index contributed by atoms with van der Waals surface area (Å²) in [6, 6.07) is 12.1. The van der Waals surface area contributed by atoms with Crippen LogP contribution in [0.3, 0.4) is 0 Å². The largest absolute Gasteiger partial charge is 0.612 e. The molecule has 1 aliphatic rings. The number of phosphoric acid groups is 1. The lowest BCUT2D eigenvalue weighted by Crippen LogP contribution is -2.14. The van der Waals surface area contributed by atoms with Gasteiger partial charge in [0.15, 0.2) is 11.2 Å². The number of allylic oxidation sites excluding steroid dienone is 2. The quantitative estimate of drug-likeness (QED) is 0.112. The van der Waals surface area contributed by atoms with Crippen LogP contribution in [0.15, 0.2) is 52.9 Å². The number of hydrogen-bond donors (Lipinski definition) is 1. The summed E-state index contributed by atoms with van der Waals surface area (Å²) in [6.45, 7) is 6.27. The molecule has 1 N–H and O–H groups in total. The molecule has 0 aliphatic heterocycles. The van der Waals surface area contributed by atoms with E-state index in [0.717, 1.165) is 38.3 Å². The summed E-state index contributed by atoms with van der Waals surface area (Å²) >= 11 is -1.05. The number of hydrogen-bond acceptors (Lipinski definition) is 7. The van der Waals surface area contributed by atoms with Gasteiger partial charge in [0.1, 0.15) is 12.1 Å². The molecular weight excluding hydrogens is 530 g/mol. The zero-order valence-corrected chi connectivity index (χ0v) is 24.0. The van der Waals surface area contributed by atoms with Crippen molar-refractivity contribution in [3.63, 3.8) is 0 Å². The fraction of sp³-hybridized carbons (Fsp3) is 0.429. The molecule has 208 valence electrons. The van der Waals surface area contributed by atoms with Gasteiger partial charge in [-0.05, 0) is 121 Å². The van der Waals surface area contributed by atoms with E-state index in [9.17, 15) is 18.6 Å². The van der Waals surface area contributed by atoms with Crippen LogP contribution in [0.4, 0.5) is 4.39 Å². The second kappa shape index (κ2) is 14.5. The van der Waals surface area contributed by atoms with Crippen LogP contribution < -0.4 is 0 Å². The van der Waals surface area contributed by atoms with Gasteiger partial charge in [-0.2, -0.15) is 0 Å². The smallest absolute Gasteiger partial charge is 0.474 e. The van der Waals surface area contributed by atoms with Crippen molar-refractivity contribution in [3.05, 3.63) is 70.5 Å². The Morgan fingerprint density at radius 3 is 2.32 bits per heavy atom. The maximum atomic E-state index is 14.2. The van der Waals surface area contributed by atoms with Crippen LogP contribution in [0.5, 0.6) is 0 Å². The van der Waals surface area contributed by atoms with E-state index in [1.807, 2.05) is 37.3 Å². The van der Waals surface area contributed by atoms with Crippen LogP contribution in [0.25, 0.3) is 17.2 Å². The van der Waals surface area contributed by atoms with E-state index in [-0.39, 0.29) is 38.7 Å². The molecule has 0 heterocycles. The SMILES string of the molecule is CCOP(=O)(OCC)OCCCCOC(O)CC1=C(C)/C(=C/c2ccc([S+](C)[O-])cc2)c2ccc(F)cc21. The minimum atomic E-state index is -3.53. The Bertz CT molecular complexity index is 1170. The van der Waals surface area contributed by atoms with Gasteiger partial charge in [-0.25, -0.2) is 8.96 Å². The van der Waals surface area contributed by atoms with Gasteiger partial charge >= 0.3 is 7.82 Å². The second-order valence-corrected chi connectivity index (χ2v) is 11.8. The Labute approximate surface area is 227 Å². The van der Waals surface area contributed by atoms with Crippen LogP contribution in [-0.2, 0) is 34.0 Å². The van der Waals surface area contributed by atoms with E-state index < -0.39 is 25.3 Å². The molecule has 0 bridgehead atoms. The van der Waals surface area contributed by atoms with Gasteiger partial charge in [-0.15, -0.1) is 0 Å². The molecule has 3 rings (SSSR count). The van der Waals surface area contributed by atoms with E-state index in [0.29, 0.717) is 12.8 Å². The second-order valence-electron chi connectivity index (χ2n) is 8.73. The molecule has 0 aromatic heterocycles. The van der Waals surface area contributed by atoms with Crippen molar-refractivity contribution in [3.8, 4) is 0 Å². The summed E-state index contributed by atoms with van der Waals surface area (Å²) in [6.07, 6.45) is 3.89. The highest BCUT2D eigenvalue weighted by Crippen LogP contribution is 2.49. The molecule has 2 unspecified atom stereocenters. The number of halogens is 1. The molecular formula is C28H36FO7PS. The number of rotatable bonds is 15. The van der Waals surface area contributed by atoms with Gasteiger partial charge in [0.2, 0.25) is 0 Å². The molecule has 7 nitrogen and oxygen atoms in total. The first-order valence-corrected chi connectivity index (χ1v) is 15.7. The fourth-order valence-corrected chi connectivity index (χ4v) is 5.93.